The second kappa shape index (κ2) is 13.5. The summed E-state index contributed by atoms with van der Waals surface area (Å²) in [7, 11) is 3.35. The van der Waals surface area contributed by atoms with Gasteiger partial charge in [-0.3, -0.25) is 14.4 Å². The van der Waals surface area contributed by atoms with E-state index in [1.54, 1.807) is 31.6 Å². The van der Waals surface area contributed by atoms with E-state index in [2.05, 4.69) is 15.5 Å². The summed E-state index contributed by atoms with van der Waals surface area (Å²) in [5.74, 6) is -0.124. The standard InChI is InChI=1S/C35H40N6O4S/c1-22-26(9-6-10-27(22)38-34(44)31-19-23-8-4-5-11-30(23)46-31)29-21-40(3)35(45)33(37-29)36-28-13-12-25(41-14-7-15-41)18-24(28)20-32(43)39(2)16-17-42/h6,9-10,12-13,18-19,21,42H,4-5,7-8,11,14-17,20H2,1-3H3,(H,36,37)(H,38,44). The van der Waals surface area contributed by atoms with Crippen LogP contribution in [0.5, 0.6) is 0 Å². The highest BCUT2D eigenvalue weighted by molar-refractivity contribution is 7.14. The fourth-order valence-corrected chi connectivity index (χ4v) is 7.12. The number of carbonyl (C=O) groups excluding carboxylic acids is 2. The van der Waals surface area contributed by atoms with E-state index >= 15 is 0 Å². The number of nitrogens with one attached hydrogen (secondary N) is 2. The SMILES string of the molecule is Cc1c(NC(=O)c2cc3c(s2)CCCC3)cccc1-c1cn(C)c(=O)c(Nc2ccc(N3CCC3)cc2CC(=O)N(C)CCO)n1. The number of aliphatic hydroxyl groups is 1. The second-order valence-corrected chi connectivity index (χ2v) is 13.2. The molecule has 0 spiro atoms. The molecule has 0 unspecified atom stereocenters. The van der Waals surface area contributed by atoms with Gasteiger partial charge in [-0.05, 0) is 86.1 Å². The molecule has 6 rings (SSSR count). The number of rotatable bonds is 10. The molecule has 240 valence electrons. The molecule has 2 aliphatic rings. The van der Waals surface area contributed by atoms with Crippen LogP contribution in [0.25, 0.3) is 11.3 Å². The van der Waals surface area contributed by atoms with E-state index in [4.69, 9.17) is 4.98 Å². The van der Waals surface area contributed by atoms with Crippen LogP contribution in [0.2, 0.25) is 0 Å². The maximum absolute atomic E-state index is 13.3. The minimum absolute atomic E-state index is 0.106. The summed E-state index contributed by atoms with van der Waals surface area (Å²) in [5, 5.41) is 15.6. The Morgan fingerprint density at radius 3 is 2.61 bits per heavy atom. The van der Waals surface area contributed by atoms with Crippen molar-refractivity contribution >= 4 is 46.0 Å². The molecule has 0 atom stereocenters. The molecule has 1 aliphatic carbocycles. The Bertz CT molecular complexity index is 1820. The largest absolute Gasteiger partial charge is 0.395 e. The molecular formula is C35H40N6O4S. The summed E-state index contributed by atoms with van der Waals surface area (Å²) in [6.07, 6.45) is 7.33. The van der Waals surface area contributed by atoms with E-state index in [-0.39, 0.29) is 42.8 Å². The number of aryl methyl sites for hydroxylation is 3. The van der Waals surface area contributed by atoms with Crippen LogP contribution in [-0.4, -0.2) is 64.7 Å². The lowest BCUT2D eigenvalue weighted by Crippen LogP contribution is -2.37. The Morgan fingerprint density at radius 2 is 1.87 bits per heavy atom. The van der Waals surface area contributed by atoms with Crippen molar-refractivity contribution in [1.82, 2.24) is 14.5 Å². The third kappa shape index (κ3) is 6.56. The quantitative estimate of drug-likeness (QED) is 0.226. The predicted octanol–water partition coefficient (Wildman–Crippen LogP) is 4.90. The highest BCUT2D eigenvalue weighted by Crippen LogP contribution is 2.33. The molecule has 1 aliphatic heterocycles. The molecule has 3 N–H and O–H groups in total. The van der Waals surface area contributed by atoms with Crippen LogP contribution in [0.15, 0.2) is 53.5 Å². The van der Waals surface area contributed by atoms with Crippen LogP contribution < -0.4 is 21.1 Å². The molecular weight excluding hydrogens is 600 g/mol. The molecule has 0 saturated carbocycles. The van der Waals surface area contributed by atoms with Crippen molar-refractivity contribution in [2.24, 2.45) is 7.05 Å². The molecule has 46 heavy (non-hydrogen) atoms. The normalized spacial score (nSPS) is 14.0. The number of fused-ring (bicyclic) bond motifs is 1. The molecule has 11 heteroatoms. The maximum Gasteiger partial charge on any atom is 0.293 e. The van der Waals surface area contributed by atoms with Crippen LogP contribution in [0, 0.1) is 6.92 Å². The van der Waals surface area contributed by atoms with Gasteiger partial charge in [0.2, 0.25) is 5.91 Å². The molecule has 3 heterocycles. The molecule has 2 aromatic carbocycles. The number of anilines is 4. The van der Waals surface area contributed by atoms with E-state index < -0.39 is 0 Å². The van der Waals surface area contributed by atoms with Crippen molar-refractivity contribution in [3.05, 3.63) is 85.5 Å². The smallest absolute Gasteiger partial charge is 0.293 e. The monoisotopic (exact) mass is 640 g/mol. The molecule has 2 aromatic heterocycles. The van der Waals surface area contributed by atoms with E-state index in [1.165, 1.54) is 32.7 Å². The van der Waals surface area contributed by atoms with Crippen molar-refractivity contribution in [1.29, 1.82) is 0 Å². The van der Waals surface area contributed by atoms with E-state index in [0.29, 0.717) is 17.1 Å². The van der Waals surface area contributed by atoms with Crippen molar-refractivity contribution in [3.8, 4) is 11.3 Å². The first-order valence-electron chi connectivity index (χ1n) is 15.8. The number of thiophene rings is 1. The van der Waals surface area contributed by atoms with Crippen molar-refractivity contribution in [3.63, 3.8) is 0 Å². The van der Waals surface area contributed by atoms with Gasteiger partial charge in [0, 0.05) is 67.4 Å². The summed E-state index contributed by atoms with van der Waals surface area (Å²) >= 11 is 1.58. The number of likely N-dealkylation sites (N-methyl/N-ethyl adjacent to an activating group) is 1. The highest BCUT2D eigenvalue weighted by atomic mass is 32.1. The number of hydrogen-bond acceptors (Lipinski definition) is 8. The van der Waals surface area contributed by atoms with Crippen LogP contribution in [-0.2, 0) is 31.1 Å². The number of nitrogens with zero attached hydrogens (tertiary/aromatic N) is 4. The lowest BCUT2D eigenvalue weighted by atomic mass is 9.99. The summed E-state index contributed by atoms with van der Waals surface area (Å²) in [5.41, 5.74) is 6.25. The average Bonchev–Trinajstić information content (AvgIpc) is 3.45. The highest BCUT2D eigenvalue weighted by Gasteiger charge is 2.21. The molecule has 0 radical (unpaired) electrons. The van der Waals surface area contributed by atoms with Gasteiger partial charge in [-0.25, -0.2) is 4.98 Å². The Kier molecular flexibility index (Phi) is 9.23. The van der Waals surface area contributed by atoms with Crippen molar-refractivity contribution < 1.29 is 14.7 Å². The average molecular weight is 641 g/mol. The van der Waals surface area contributed by atoms with Gasteiger partial charge < -0.3 is 30.1 Å². The van der Waals surface area contributed by atoms with Crippen molar-refractivity contribution in [2.45, 2.75) is 45.4 Å². The number of hydrogen-bond donors (Lipinski definition) is 3. The Labute approximate surface area is 272 Å². The van der Waals surface area contributed by atoms with Crippen LogP contribution in [0.4, 0.5) is 22.9 Å². The molecule has 1 saturated heterocycles. The van der Waals surface area contributed by atoms with Gasteiger partial charge in [0.05, 0.1) is 23.6 Å². The van der Waals surface area contributed by atoms with Gasteiger partial charge in [-0.2, -0.15) is 0 Å². The zero-order valence-electron chi connectivity index (χ0n) is 26.6. The lowest BCUT2D eigenvalue weighted by Gasteiger charge is -2.33. The second-order valence-electron chi connectivity index (χ2n) is 12.1. The first-order chi connectivity index (χ1) is 22.2. The van der Waals surface area contributed by atoms with E-state index in [9.17, 15) is 19.5 Å². The van der Waals surface area contributed by atoms with Gasteiger partial charge in [-0.1, -0.05) is 12.1 Å². The first kappa shape index (κ1) is 31.5. The lowest BCUT2D eigenvalue weighted by molar-refractivity contribution is -0.129. The first-order valence-corrected chi connectivity index (χ1v) is 16.6. The van der Waals surface area contributed by atoms with Crippen LogP contribution in [0.1, 0.15) is 50.5 Å². The van der Waals surface area contributed by atoms with Crippen LogP contribution >= 0.6 is 11.3 Å². The number of aromatic nitrogens is 2. The zero-order chi connectivity index (χ0) is 32.4. The molecule has 2 amide bonds. The minimum Gasteiger partial charge on any atom is -0.395 e. The minimum atomic E-state index is -0.311. The van der Waals surface area contributed by atoms with Gasteiger partial charge in [0.15, 0.2) is 5.82 Å². The van der Waals surface area contributed by atoms with Crippen molar-refractivity contribution in [2.75, 3.05) is 48.8 Å². The Hall–Kier alpha value is -4.48. The topological polar surface area (TPSA) is 120 Å². The Morgan fingerprint density at radius 1 is 1.07 bits per heavy atom. The zero-order valence-corrected chi connectivity index (χ0v) is 27.4. The third-order valence-corrected chi connectivity index (χ3v) is 10.2. The fraction of sp³-hybridized carbons (Fsp3) is 0.371. The summed E-state index contributed by atoms with van der Waals surface area (Å²) in [6, 6.07) is 13.6. The van der Waals surface area contributed by atoms with Gasteiger partial charge in [-0.15, -0.1) is 11.3 Å². The molecule has 10 nitrogen and oxygen atoms in total. The van der Waals surface area contributed by atoms with E-state index in [0.717, 1.165) is 59.6 Å². The van der Waals surface area contributed by atoms with Gasteiger partial charge in [0.1, 0.15) is 0 Å². The number of carbonyl (C=O) groups is 2. The molecule has 0 bridgehead atoms. The maximum atomic E-state index is 13.3. The van der Waals surface area contributed by atoms with Crippen LogP contribution in [0.3, 0.4) is 0 Å². The third-order valence-electron chi connectivity index (χ3n) is 8.92. The predicted molar refractivity (Wildman–Crippen MR) is 184 cm³/mol. The van der Waals surface area contributed by atoms with Gasteiger partial charge in [0.25, 0.3) is 11.5 Å². The number of amides is 2. The summed E-state index contributed by atoms with van der Waals surface area (Å²) < 4.78 is 1.49. The van der Waals surface area contributed by atoms with E-state index in [1.807, 2.05) is 49.4 Å². The number of benzene rings is 2. The molecule has 1 fully saturated rings. The van der Waals surface area contributed by atoms with Gasteiger partial charge >= 0.3 is 0 Å². The number of aliphatic hydroxyl groups excluding tert-OH is 1. The molecule has 4 aromatic rings. The fourth-order valence-electron chi connectivity index (χ4n) is 5.97. The summed E-state index contributed by atoms with van der Waals surface area (Å²) in [4.78, 5) is 50.1. The summed E-state index contributed by atoms with van der Waals surface area (Å²) in [6.45, 7) is 3.98. The Balaban J connectivity index is 1.29.